The molecule has 6 nitrogen and oxygen atoms in total. The minimum Gasteiger partial charge on any atom is -0.507 e. The van der Waals surface area contributed by atoms with E-state index in [2.05, 4.69) is 29.3 Å². The molecule has 0 bridgehead atoms. The van der Waals surface area contributed by atoms with E-state index >= 15 is 0 Å². The second kappa shape index (κ2) is 9.46. The normalized spacial score (nSPS) is 10.7. The second-order valence-electron chi connectivity index (χ2n) is 5.73. The Kier molecular flexibility index (Phi) is 7.02. The molecule has 0 aromatic heterocycles. The third-order valence-corrected chi connectivity index (χ3v) is 4.06. The molecule has 0 fully saturated rings. The lowest BCUT2D eigenvalue weighted by Crippen LogP contribution is -2.21. The molecule has 2 aromatic carbocycles. The van der Waals surface area contributed by atoms with Crippen molar-refractivity contribution in [2.75, 3.05) is 25.1 Å². The third-order valence-electron chi connectivity index (χ3n) is 4.06. The van der Waals surface area contributed by atoms with E-state index in [1.165, 1.54) is 6.21 Å². The first-order valence-electron chi connectivity index (χ1n) is 8.60. The highest BCUT2D eigenvalue weighted by Crippen LogP contribution is 2.23. The minimum absolute atomic E-state index is 0.127. The van der Waals surface area contributed by atoms with Crippen LogP contribution >= 0.6 is 0 Å². The lowest BCUT2D eigenvalue weighted by molar-refractivity contribution is -0.120. The predicted octanol–water partition coefficient (Wildman–Crippen LogP) is 2.94. The SMILES string of the molecule is CCN(CC)c1ccc(/C=N/NC(=O)Cc2ccc(OC)cc2)c(O)c1. The number of hydrazone groups is 1. The zero-order valence-corrected chi connectivity index (χ0v) is 15.4. The third kappa shape index (κ3) is 5.24. The van der Waals surface area contributed by atoms with Crippen molar-refractivity contribution in [2.45, 2.75) is 20.3 Å². The number of aromatic hydroxyl groups is 1. The van der Waals surface area contributed by atoms with Crippen molar-refractivity contribution in [1.82, 2.24) is 5.43 Å². The first kappa shape index (κ1) is 19.3. The largest absolute Gasteiger partial charge is 0.507 e. The average molecular weight is 355 g/mol. The van der Waals surface area contributed by atoms with Gasteiger partial charge in [0.15, 0.2) is 0 Å². The molecule has 2 N–H and O–H groups in total. The summed E-state index contributed by atoms with van der Waals surface area (Å²) in [7, 11) is 1.60. The molecule has 0 unspecified atom stereocenters. The van der Waals surface area contributed by atoms with E-state index in [-0.39, 0.29) is 18.1 Å². The molecule has 138 valence electrons. The van der Waals surface area contributed by atoms with Crippen LogP contribution in [0.2, 0.25) is 0 Å². The standard InChI is InChI=1S/C20H25N3O3/c1-4-23(5-2)17-9-8-16(19(24)13-17)14-21-22-20(25)12-15-6-10-18(26-3)11-7-15/h6-11,13-14,24H,4-5,12H2,1-3H3,(H,22,25)/b21-14+. The Balaban J connectivity index is 1.93. The van der Waals surface area contributed by atoms with E-state index in [1.54, 1.807) is 31.4 Å². The van der Waals surface area contributed by atoms with Crippen LogP contribution in [0.4, 0.5) is 5.69 Å². The summed E-state index contributed by atoms with van der Waals surface area (Å²) in [5.41, 5.74) is 4.84. The van der Waals surface area contributed by atoms with Crippen molar-refractivity contribution in [2.24, 2.45) is 5.10 Å². The van der Waals surface area contributed by atoms with Gasteiger partial charge in [0, 0.05) is 30.4 Å². The Hall–Kier alpha value is -3.02. The Bertz CT molecular complexity index is 753. The number of nitrogens with zero attached hydrogens (tertiary/aromatic N) is 2. The minimum atomic E-state index is -0.231. The summed E-state index contributed by atoms with van der Waals surface area (Å²) in [4.78, 5) is 14.1. The van der Waals surface area contributed by atoms with Crippen molar-refractivity contribution in [3.05, 3.63) is 53.6 Å². The summed E-state index contributed by atoms with van der Waals surface area (Å²) < 4.78 is 5.09. The number of benzene rings is 2. The summed E-state index contributed by atoms with van der Waals surface area (Å²) in [5, 5.41) is 14.1. The Labute approximate surface area is 154 Å². The van der Waals surface area contributed by atoms with E-state index in [9.17, 15) is 9.90 Å². The number of phenols is 1. The molecule has 2 aromatic rings. The zero-order valence-electron chi connectivity index (χ0n) is 15.4. The van der Waals surface area contributed by atoms with Crippen LogP contribution in [-0.4, -0.2) is 37.4 Å². The van der Waals surface area contributed by atoms with Crippen molar-refractivity contribution in [3.8, 4) is 11.5 Å². The van der Waals surface area contributed by atoms with Crippen LogP contribution in [0, 0.1) is 0 Å². The van der Waals surface area contributed by atoms with Gasteiger partial charge in [0.2, 0.25) is 5.91 Å². The van der Waals surface area contributed by atoms with Crippen LogP contribution in [0.25, 0.3) is 0 Å². The number of nitrogens with one attached hydrogen (secondary N) is 1. The maximum atomic E-state index is 11.9. The summed E-state index contributed by atoms with van der Waals surface area (Å²) in [6, 6.07) is 12.7. The summed E-state index contributed by atoms with van der Waals surface area (Å²) in [6.07, 6.45) is 1.65. The Morgan fingerprint density at radius 3 is 2.46 bits per heavy atom. The first-order chi connectivity index (χ1) is 12.6. The van der Waals surface area contributed by atoms with E-state index < -0.39 is 0 Å². The van der Waals surface area contributed by atoms with E-state index in [0.717, 1.165) is 30.1 Å². The van der Waals surface area contributed by atoms with E-state index in [1.807, 2.05) is 18.2 Å². The number of ether oxygens (including phenoxy) is 1. The van der Waals surface area contributed by atoms with Crippen LogP contribution in [-0.2, 0) is 11.2 Å². The molecule has 0 aliphatic heterocycles. The molecule has 0 aliphatic carbocycles. The van der Waals surface area contributed by atoms with Gasteiger partial charge in [0.05, 0.1) is 19.7 Å². The number of phenolic OH excluding ortho intramolecular Hbond substituents is 1. The fourth-order valence-electron chi connectivity index (χ4n) is 2.57. The van der Waals surface area contributed by atoms with Gasteiger partial charge in [-0.3, -0.25) is 4.79 Å². The van der Waals surface area contributed by atoms with Crippen molar-refractivity contribution in [3.63, 3.8) is 0 Å². The monoisotopic (exact) mass is 355 g/mol. The molecule has 0 spiro atoms. The number of methoxy groups -OCH3 is 1. The fourth-order valence-corrected chi connectivity index (χ4v) is 2.57. The fraction of sp³-hybridized carbons (Fsp3) is 0.300. The number of hydrogen-bond donors (Lipinski definition) is 2. The highest BCUT2D eigenvalue weighted by molar-refractivity contribution is 5.86. The highest BCUT2D eigenvalue weighted by atomic mass is 16.5. The van der Waals surface area contributed by atoms with E-state index in [0.29, 0.717) is 5.56 Å². The predicted molar refractivity (Wildman–Crippen MR) is 104 cm³/mol. The molecule has 2 rings (SSSR count). The van der Waals surface area contributed by atoms with Crippen molar-refractivity contribution < 1.29 is 14.6 Å². The Morgan fingerprint density at radius 2 is 1.88 bits per heavy atom. The van der Waals surface area contributed by atoms with Crippen LogP contribution in [0.15, 0.2) is 47.6 Å². The number of carbonyl (C=O) groups excluding carboxylic acids is 1. The van der Waals surface area contributed by atoms with Crippen LogP contribution in [0.3, 0.4) is 0 Å². The number of rotatable bonds is 8. The number of carbonyl (C=O) groups is 1. The number of hydrogen-bond acceptors (Lipinski definition) is 5. The molecule has 0 saturated carbocycles. The van der Waals surface area contributed by atoms with Gasteiger partial charge in [-0.25, -0.2) is 5.43 Å². The molecular weight excluding hydrogens is 330 g/mol. The number of anilines is 1. The molecular formula is C20H25N3O3. The zero-order chi connectivity index (χ0) is 18.9. The van der Waals surface area contributed by atoms with Crippen molar-refractivity contribution in [1.29, 1.82) is 0 Å². The molecule has 0 aliphatic rings. The first-order valence-corrected chi connectivity index (χ1v) is 8.60. The van der Waals surface area contributed by atoms with Gasteiger partial charge < -0.3 is 14.7 Å². The van der Waals surface area contributed by atoms with Gasteiger partial charge >= 0.3 is 0 Å². The van der Waals surface area contributed by atoms with Crippen molar-refractivity contribution >= 4 is 17.8 Å². The highest BCUT2D eigenvalue weighted by Gasteiger charge is 2.06. The molecule has 6 heteroatoms. The van der Waals surface area contributed by atoms with Gasteiger partial charge in [0.25, 0.3) is 0 Å². The molecule has 0 atom stereocenters. The maximum absolute atomic E-state index is 11.9. The summed E-state index contributed by atoms with van der Waals surface area (Å²) in [5.74, 6) is 0.643. The average Bonchev–Trinajstić information content (AvgIpc) is 2.65. The lowest BCUT2D eigenvalue weighted by Gasteiger charge is -2.21. The molecule has 1 amide bonds. The molecule has 26 heavy (non-hydrogen) atoms. The maximum Gasteiger partial charge on any atom is 0.244 e. The van der Waals surface area contributed by atoms with Gasteiger partial charge in [-0.15, -0.1) is 0 Å². The van der Waals surface area contributed by atoms with Gasteiger partial charge in [-0.2, -0.15) is 5.10 Å². The second-order valence-corrected chi connectivity index (χ2v) is 5.73. The molecule has 0 saturated heterocycles. The number of amides is 1. The van der Waals surface area contributed by atoms with E-state index in [4.69, 9.17) is 4.74 Å². The quantitative estimate of drug-likeness (QED) is 0.564. The van der Waals surface area contributed by atoms with Crippen LogP contribution in [0.1, 0.15) is 25.0 Å². The summed E-state index contributed by atoms with van der Waals surface area (Å²) in [6.45, 7) is 5.86. The molecule has 0 heterocycles. The summed E-state index contributed by atoms with van der Waals surface area (Å²) >= 11 is 0. The van der Waals surface area contributed by atoms with Gasteiger partial charge in [-0.1, -0.05) is 12.1 Å². The topological polar surface area (TPSA) is 74.2 Å². The van der Waals surface area contributed by atoms with Gasteiger partial charge in [0.1, 0.15) is 11.5 Å². The molecule has 0 radical (unpaired) electrons. The van der Waals surface area contributed by atoms with Crippen LogP contribution in [0.5, 0.6) is 11.5 Å². The van der Waals surface area contributed by atoms with Gasteiger partial charge in [-0.05, 0) is 43.7 Å². The van der Waals surface area contributed by atoms with Crippen LogP contribution < -0.4 is 15.1 Å². The lowest BCUT2D eigenvalue weighted by atomic mass is 10.1. The Morgan fingerprint density at radius 1 is 1.19 bits per heavy atom. The smallest absolute Gasteiger partial charge is 0.244 e.